The Balaban J connectivity index is 1.84. The molecule has 0 bridgehead atoms. The first-order chi connectivity index (χ1) is 12.2. The van der Waals surface area contributed by atoms with Crippen LogP contribution >= 0.6 is 23.2 Å². The van der Waals surface area contributed by atoms with Gasteiger partial charge >= 0.3 is 0 Å². The molecular formula is C16H21Cl2N3O4S. The van der Waals surface area contributed by atoms with Gasteiger partial charge in [0.2, 0.25) is 15.9 Å². The first-order valence-electron chi connectivity index (χ1n) is 8.27. The van der Waals surface area contributed by atoms with Gasteiger partial charge in [-0.25, -0.2) is 8.42 Å². The molecule has 2 fully saturated rings. The van der Waals surface area contributed by atoms with Gasteiger partial charge in [0.05, 0.1) is 22.7 Å². The molecule has 0 N–H and O–H groups in total. The van der Waals surface area contributed by atoms with E-state index in [0.717, 1.165) is 5.56 Å². The van der Waals surface area contributed by atoms with Crippen molar-refractivity contribution in [2.45, 2.75) is 18.2 Å². The highest BCUT2D eigenvalue weighted by molar-refractivity contribution is 7.89. The summed E-state index contributed by atoms with van der Waals surface area (Å²) in [5, 5.41) is 1.58. The van der Waals surface area contributed by atoms with Gasteiger partial charge in [0.15, 0.2) is 0 Å². The number of carbonyl (C=O) groups is 1. The highest BCUT2D eigenvalue weighted by Crippen LogP contribution is 2.37. The Morgan fingerprint density at radius 2 is 1.81 bits per heavy atom. The van der Waals surface area contributed by atoms with Crippen LogP contribution in [0.1, 0.15) is 18.5 Å². The van der Waals surface area contributed by atoms with Gasteiger partial charge in [0.25, 0.3) is 0 Å². The minimum Gasteiger partial charge on any atom is -0.340 e. The zero-order valence-electron chi connectivity index (χ0n) is 14.6. The maximum atomic E-state index is 13.2. The summed E-state index contributed by atoms with van der Waals surface area (Å²) < 4.78 is 27.9. The largest absolute Gasteiger partial charge is 0.340 e. The van der Waals surface area contributed by atoms with Crippen molar-refractivity contribution in [2.24, 2.45) is 0 Å². The number of carbonyl (C=O) groups excluding carboxylic acids is 1. The summed E-state index contributed by atoms with van der Waals surface area (Å²) in [6, 6.07) is 4.61. The average Bonchev–Trinajstić information content (AvgIpc) is 3.00. The number of hydrogen-bond donors (Lipinski definition) is 0. The molecular weight excluding hydrogens is 401 g/mol. The molecule has 0 aliphatic carbocycles. The molecule has 0 aromatic heterocycles. The second kappa shape index (κ2) is 7.61. The zero-order chi connectivity index (χ0) is 19.1. The molecule has 2 unspecified atom stereocenters. The van der Waals surface area contributed by atoms with Crippen LogP contribution in [0.15, 0.2) is 18.2 Å². The SMILES string of the molecule is CC(=O)N1CCN(S(=O)(=O)C2CON(C)C2c2ccc(Cl)c(Cl)c2)CC1. The summed E-state index contributed by atoms with van der Waals surface area (Å²) in [5.74, 6) is -0.0420. The molecule has 1 aromatic rings. The molecule has 10 heteroatoms. The Labute approximate surface area is 163 Å². The molecule has 2 aliphatic rings. The number of hydrogen-bond acceptors (Lipinski definition) is 5. The molecule has 144 valence electrons. The van der Waals surface area contributed by atoms with Gasteiger partial charge in [0, 0.05) is 40.2 Å². The number of halogens is 2. The summed E-state index contributed by atoms with van der Waals surface area (Å²) >= 11 is 12.1. The molecule has 26 heavy (non-hydrogen) atoms. The van der Waals surface area contributed by atoms with E-state index >= 15 is 0 Å². The molecule has 0 spiro atoms. The molecule has 2 aliphatic heterocycles. The van der Waals surface area contributed by atoms with E-state index in [2.05, 4.69) is 0 Å². The minimum atomic E-state index is -3.61. The van der Waals surface area contributed by atoms with E-state index in [1.54, 1.807) is 35.2 Å². The Hall–Kier alpha value is -0.900. The van der Waals surface area contributed by atoms with Gasteiger partial charge in [-0.05, 0) is 17.7 Å². The number of sulfonamides is 1. The smallest absolute Gasteiger partial charge is 0.221 e. The van der Waals surface area contributed by atoms with Crippen molar-refractivity contribution >= 4 is 39.1 Å². The molecule has 0 saturated carbocycles. The third-order valence-electron chi connectivity index (χ3n) is 4.90. The van der Waals surface area contributed by atoms with Gasteiger partial charge in [-0.1, -0.05) is 29.3 Å². The van der Waals surface area contributed by atoms with Crippen molar-refractivity contribution in [2.75, 3.05) is 39.8 Å². The van der Waals surface area contributed by atoms with Gasteiger partial charge in [0.1, 0.15) is 5.25 Å². The first kappa shape index (κ1) is 19.9. The maximum absolute atomic E-state index is 13.2. The molecule has 3 rings (SSSR count). The lowest BCUT2D eigenvalue weighted by Crippen LogP contribution is -2.53. The van der Waals surface area contributed by atoms with Gasteiger partial charge in [-0.2, -0.15) is 9.37 Å². The summed E-state index contributed by atoms with van der Waals surface area (Å²) in [5.41, 5.74) is 0.732. The lowest BCUT2D eigenvalue weighted by atomic mass is 10.0. The standard InChI is InChI=1S/C16H21Cl2N3O4S/c1-11(22)20-5-7-21(8-6-20)26(23,24)15-10-25-19(2)16(15)12-3-4-13(17)14(18)9-12/h3-4,9,15-16H,5-8,10H2,1-2H3. The fourth-order valence-electron chi connectivity index (χ4n) is 3.42. The van der Waals surface area contributed by atoms with E-state index in [1.807, 2.05) is 0 Å². The van der Waals surface area contributed by atoms with E-state index < -0.39 is 21.3 Å². The molecule has 2 saturated heterocycles. The van der Waals surface area contributed by atoms with Gasteiger partial charge in [-0.15, -0.1) is 0 Å². The maximum Gasteiger partial charge on any atom is 0.221 e. The van der Waals surface area contributed by atoms with Crippen LogP contribution in [0.2, 0.25) is 10.0 Å². The third-order valence-corrected chi connectivity index (χ3v) is 7.88. The summed E-state index contributed by atoms with van der Waals surface area (Å²) in [6.07, 6.45) is 0. The molecule has 2 heterocycles. The van der Waals surface area contributed by atoms with Crippen molar-refractivity contribution in [3.8, 4) is 0 Å². The highest BCUT2D eigenvalue weighted by Gasteiger charge is 2.46. The predicted octanol–water partition coefficient (Wildman–Crippen LogP) is 1.77. The third kappa shape index (κ3) is 3.72. The van der Waals surface area contributed by atoms with E-state index in [0.29, 0.717) is 23.1 Å². The average molecular weight is 422 g/mol. The van der Waals surface area contributed by atoms with Crippen LogP contribution in [0.3, 0.4) is 0 Å². The Kier molecular flexibility index (Phi) is 5.81. The van der Waals surface area contributed by atoms with Crippen LogP contribution in [-0.4, -0.2) is 73.7 Å². The number of amides is 1. The normalized spacial score (nSPS) is 25.6. The summed E-state index contributed by atoms with van der Waals surface area (Å²) in [4.78, 5) is 18.6. The van der Waals surface area contributed by atoms with E-state index in [1.165, 1.54) is 11.2 Å². The van der Waals surface area contributed by atoms with Crippen LogP contribution in [0.25, 0.3) is 0 Å². The van der Waals surface area contributed by atoms with Crippen LogP contribution in [-0.2, 0) is 19.7 Å². The van der Waals surface area contributed by atoms with Crippen LogP contribution in [0, 0.1) is 0 Å². The lowest BCUT2D eigenvalue weighted by molar-refractivity contribution is -0.129. The Bertz CT molecular complexity index is 797. The van der Waals surface area contributed by atoms with E-state index in [-0.39, 0.29) is 25.6 Å². The number of nitrogens with zero attached hydrogens (tertiary/aromatic N) is 3. The monoisotopic (exact) mass is 421 g/mol. The van der Waals surface area contributed by atoms with Crippen molar-refractivity contribution in [1.29, 1.82) is 0 Å². The number of benzene rings is 1. The molecule has 0 radical (unpaired) electrons. The Morgan fingerprint density at radius 1 is 1.15 bits per heavy atom. The van der Waals surface area contributed by atoms with Crippen LogP contribution < -0.4 is 0 Å². The summed E-state index contributed by atoms with van der Waals surface area (Å²) in [6.45, 7) is 2.93. The van der Waals surface area contributed by atoms with Crippen molar-refractivity contribution in [3.05, 3.63) is 33.8 Å². The summed E-state index contributed by atoms with van der Waals surface area (Å²) in [7, 11) is -1.91. The zero-order valence-corrected chi connectivity index (χ0v) is 16.9. The van der Waals surface area contributed by atoms with Crippen LogP contribution in [0.5, 0.6) is 0 Å². The lowest BCUT2D eigenvalue weighted by Gasteiger charge is -2.35. The number of hydroxylamine groups is 2. The predicted molar refractivity (Wildman–Crippen MR) is 99.5 cm³/mol. The van der Waals surface area contributed by atoms with E-state index in [9.17, 15) is 13.2 Å². The molecule has 1 amide bonds. The van der Waals surface area contributed by atoms with Crippen molar-refractivity contribution in [3.63, 3.8) is 0 Å². The molecule has 2 atom stereocenters. The minimum absolute atomic E-state index is 0.0420. The van der Waals surface area contributed by atoms with Gasteiger partial charge in [-0.3, -0.25) is 9.63 Å². The Morgan fingerprint density at radius 3 is 2.38 bits per heavy atom. The topological polar surface area (TPSA) is 70.2 Å². The fraction of sp³-hybridized carbons (Fsp3) is 0.562. The van der Waals surface area contributed by atoms with Crippen molar-refractivity contribution < 1.29 is 18.0 Å². The second-order valence-corrected chi connectivity index (χ2v) is 9.42. The first-order valence-corrected chi connectivity index (χ1v) is 10.5. The van der Waals surface area contributed by atoms with Crippen molar-refractivity contribution in [1.82, 2.24) is 14.3 Å². The quantitative estimate of drug-likeness (QED) is 0.743. The second-order valence-electron chi connectivity index (χ2n) is 6.45. The number of rotatable bonds is 3. The van der Waals surface area contributed by atoms with Gasteiger partial charge < -0.3 is 4.90 Å². The molecule has 1 aromatic carbocycles. The number of piperazine rings is 1. The fourth-order valence-corrected chi connectivity index (χ4v) is 5.66. The van der Waals surface area contributed by atoms with E-state index in [4.69, 9.17) is 28.0 Å². The van der Waals surface area contributed by atoms with Crippen LogP contribution in [0.4, 0.5) is 0 Å². The molecule has 7 nitrogen and oxygen atoms in total. The highest BCUT2D eigenvalue weighted by atomic mass is 35.5.